The molecule has 1 amide bonds. The van der Waals surface area contributed by atoms with Crippen molar-refractivity contribution in [2.24, 2.45) is 0 Å². The first kappa shape index (κ1) is 18.7. The van der Waals surface area contributed by atoms with Gasteiger partial charge in [0.1, 0.15) is 5.75 Å². The van der Waals surface area contributed by atoms with Crippen LogP contribution in [0.5, 0.6) is 5.75 Å². The number of ether oxygens (including phenoxy) is 1. The van der Waals surface area contributed by atoms with Crippen molar-refractivity contribution in [2.75, 3.05) is 12.4 Å². The Labute approximate surface area is 172 Å². The molecule has 0 saturated heterocycles. The number of benzene rings is 2. The number of halogens is 1. The average Bonchev–Trinajstić information content (AvgIpc) is 3.20. The SMILES string of the molecule is COc1ccc(NC(=O)c2cnn(-c3cccc(Cl)c3)c2-c2ccncc2)cc1. The summed E-state index contributed by atoms with van der Waals surface area (Å²) in [5.41, 5.74) is 3.32. The van der Waals surface area contributed by atoms with Crippen molar-refractivity contribution in [2.45, 2.75) is 0 Å². The zero-order valence-corrected chi connectivity index (χ0v) is 16.3. The number of hydrogen-bond acceptors (Lipinski definition) is 4. The van der Waals surface area contributed by atoms with Crippen LogP contribution >= 0.6 is 11.6 Å². The normalized spacial score (nSPS) is 10.6. The van der Waals surface area contributed by atoms with Gasteiger partial charge in [-0.15, -0.1) is 0 Å². The molecule has 2 aromatic carbocycles. The van der Waals surface area contributed by atoms with Crippen molar-refractivity contribution in [3.8, 4) is 22.7 Å². The van der Waals surface area contributed by atoms with Gasteiger partial charge in [-0.2, -0.15) is 5.10 Å². The van der Waals surface area contributed by atoms with E-state index in [1.165, 1.54) is 0 Å². The number of pyridine rings is 1. The maximum Gasteiger partial charge on any atom is 0.259 e. The molecule has 1 N–H and O–H groups in total. The molecule has 4 aromatic rings. The van der Waals surface area contributed by atoms with Crippen molar-refractivity contribution in [3.05, 3.63) is 89.8 Å². The van der Waals surface area contributed by atoms with Crippen molar-refractivity contribution in [1.82, 2.24) is 14.8 Å². The van der Waals surface area contributed by atoms with Crippen LogP contribution in [0.1, 0.15) is 10.4 Å². The first-order valence-electron chi connectivity index (χ1n) is 8.85. The van der Waals surface area contributed by atoms with Gasteiger partial charge < -0.3 is 10.1 Å². The summed E-state index contributed by atoms with van der Waals surface area (Å²) in [6.45, 7) is 0. The summed E-state index contributed by atoms with van der Waals surface area (Å²) in [6, 6.07) is 18.1. The van der Waals surface area contributed by atoms with Crippen LogP contribution in [0.4, 0.5) is 5.69 Å². The monoisotopic (exact) mass is 404 g/mol. The Balaban J connectivity index is 1.75. The van der Waals surface area contributed by atoms with E-state index < -0.39 is 0 Å². The Morgan fingerprint density at radius 1 is 1.07 bits per heavy atom. The quantitative estimate of drug-likeness (QED) is 0.516. The third-order valence-electron chi connectivity index (χ3n) is 4.37. The molecule has 0 unspecified atom stereocenters. The Kier molecular flexibility index (Phi) is 5.27. The van der Waals surface area contributed by atoms with E-state index in [4.69, 9.17) is 16.3 Å². The summed E-state index contributed by atoms with van der Waals surface area (Å²) in [7, 11) is 1.60. The van der Waals surface area contributed by atoms with Crippen LogP contribution in [0.3, 0.4) is 0 Å². The number of methoxy groups -OCH3 is 1. The predicted octanol–water partition coefficient (Wildman–Crippen LogP) is 4.85. The van der Waals surface area contributed by atoms with E-state index in [0.29, 0.717) is 27.7 Å². The number of nitrogens with one attached hydrogen (secondary N) is 1. The van der Waals surface area contributed by atoms with Crippen molar-refractivity contribution < 1.29 is 9.53 Å². The van der Waals surface area contributed by atoms with Crippen LogP contribution in [-0.2, 0) is 0 Å². The summed E-state index contributed by atoms with van der Waals surface area (Å²) < 4.78 is 6.85. The summed E-state index contributed by atoms with van der Waals surface area (Å²) in [5, 5.41) is 7.94. The second-order valence-corrected chi connectivity index (χ2v) is 6.65. The Bertz CT molecular complexity index is 1140. The lowest BCUT2D eigenvalue weighted by atomic mass is 10.1. The summed E-state index contributed by atoms with van der Waals surface area (Å²) in [4.78, 5) is 17.1. The van der Waals surface area contributed by atoms with Gasteiger partial charge in [0.05, 0.1) is 30.3 Å². The van der Waals surface area contributed by atoms with Crippen LogP contribution < -0.4 is 10.1 Å². The molecule has 2 heterocycles. The molecule has 0 aliphatic carbocycles. The van der Waals surface area contributed by atoms with Crippen molar-refractivity contribution in [3.63, 3.8) is 0 Å². The molecule has 7 heteroatoms. The standard InChI is InChI=1S/C22H17ClN4O2/c1-29-19-7-5-17(6-8-19)26-22(28)20-14-25-27(18-4-2-3-16(23)13-18)21(20)15-9-11-24-12-10-15/h2-14H,1H3,(H,26,28). The van der Waals surface area contributed by atoms with Crippen LogP contribution in [-0.4, -0.2) is 27.8 Å². The second-order valence-electron chi connectivity index (χ2n) is 6.22. The van der Waals surface area contributed by atoms with Gasteiger partial charge in [0.15, 0.2) is 0 Å². The maximum atomic E-state index is 13.0. The molecule has 0 aliphatic rings. The molecule has 144 valence electrons. The van der Waals surface area contributed by atoms with E-state index >= 15 is 0 Å². The highest BCUT2D eigenvalue weighted by atomic mass is 35.5. The molecule has 0 bridgehead atoms. The Morgan fingerprint density at radius 2 is 1.83 bits per heavy atom. The topological polar surface area (TPSA) is 69.0 Å². The highest BCUT2D eigenvalue weighted by Crippen LogP contribution is 2.28. The fraction of sp³-hybridized carbons (Fsp3) is 0.0455. The predicted molar refractivity (Wildman–Crippen MR) is 113 cm³/mol. The molecule has 0 atom stereocenters. The average molecular weight is 405 g/mol. The van der Waals surface area contributed by atoms with E-state index in [1.54, 1.807) is 66.8 Å². The fourth-order valence-corrected chi connectivity index (χ4v) is 3.16. The van der Waals surface area contributed by atoms with Gasteiger partial charge in [-0.25, -0.2) is 4.68 Å². The fourth-order valence-electron chi connectivity index (χ4n) is 2.98. The summed E-state index contributed by atoms with van der Waals surface area (Å²) in [5.74, 6) is 0.449. The molecular formula is C22H17ClN4O2. The smallest absolute Gasteiger partial charge is 0.259 e. The van der Waals surface area contributed by atoms with Crippen molar-refractivity contribution >= 4 is 23.2 Å². The van der Waals surface area contributed by atoms with Gasteiger partial charge in [-0.1, -0.05) is 17.7 Å². The van der Waals surface area contributed by atoms with Crippen LogP contribution in [0, 0.1) is 0 Å². The number of rotatable bonds is 5. The van der Waals surface area contributed by atoms with E-state index in [2.05, 4.69) is 15.4 Å². The van der Waals surface area contributed by atoms with E-state index in [1.807, 2.05) is 24.3 Å². The lowest BCUT2D eigenvalue weighted by molar-refractivity contribution is 0.102. The van der Waals surface area contributed by atoms with Gasteiger partial charge in [0.2, 0.25) is 0 Å². The van der Waals surface area contributed by atoms with Crippen molar-refractivity contribution in [1.29, 1.82) is 0 Å². The molecule has 0 fully saturated rings. The first-order chi connectivity index (χ1) is 14.2. The number of aromatic nitrogens is 3. The van der Waals surface area contributed by atoms with E-state index in [-0.39, 0.29) is 5.91 Å². The van der Waals surface area contributed by atoms with Gasteiger partial charge in [0, 0.05) is 28.7 Å². The molecule has 4 rings (SSSR count). The summed E-state index contributed by atoms with van der Waals surface area (Å²) >= 11 is 6.15. The van der Waals surface area contributed by atoms with Gasteiger partial charge in [-0.3, -0.25) is 9.78 Å². The lowest BCUT2D eigenvalue weighted by Crippen LogP contribution is -2.13. The molecule has 29 heavy (non-hydrogen) atoms. The van der Waals surface area contributed by atoms with Gasteiger partial charge in [0.25, 0.3) is 5.91 Å². The van der Waals surface area contributed by atoms with Crippen LogP contribution in [0.25, 0.3) is 16.9 Å². The molecule has 0 spiro atoms. The highest BCUT2D eigenvalue weighted by molar-refractivity contribution is 6.30. The zero-order valence-electron chi connectivity index (χ0n) is 15.5. The Hall–Kier alpha value is -3.64. The molecule has 0 radical (unpaired) electrons. The second kappa shape index (κ2) is 8.16. The van der Waals surface area contributed by atoms with E-state index in [0.717, 1.165) is 11.3 Å². The molecular weight excluding hydrogens is 388 g/mol. The van der Waals surface area contributed by atoms with Gasteiger partial charge in [-0.05, 0) is 54.6 Å². The molecule has 0 aliphatic heterocycles. The summed E-state index contributed by atoms with van der Waals surface area (Å²) in [6.07, 6.45) is 4.90. The molecule has 2 aromatic heterocycles. The first-order valence-corrected chi connectivity index (χ1v) is 9.23. The minimum Gasteiger partial charge on any atom is -0.497 e. The number of nitrogens with zero attached hydrogens (tertiary/aromatic N) is 3. The zero-order chi connectivity index (χ0) is 20.2. The molecule has 6 nitrogen and oxygen atoms in total. The maximum absolute atomic E-state index is 13.0. The number of hydrogen-bond donors (Lipinski definition) is 1. The molecule has 0 saturated carbocycles. The van der Waals surface area contributed by atoms with Crippen LogP contribution in [0.2, 0.25) is 5.02 Å². The van der Waals surface area contributed by atoms with E-state index in [9.17, 15) is 4.79 Å². The number of anilines is 1. The third kappa shape index (κ3) is 3.97. The Morgan fingerprint density at radius 3 is 2.52 bits per heavy atom. The largest absolute Gasteiger partial charge is 0.497 e. The lowest BCUT2D eigenvalue weighted by Gasteiger charge is -2.11. The third-order valence-corrected chi connectivity index (χ3v) is 4.60. The number of carbonyl (C=O) groups is 1. The minimum absolute atomic E-state index is 0.268. The van der Waals surface area contributed by atoms with Gasteiger partial charge >= 0.3 is 0 Å². The number of carbonyl (C=O) groups excluding carboxylic acids is 1. The number of amides is 1. The van der Waals surface area contributed by atoms with Crippen LogP contribution in [0.15, 0.2) is 79.3 Å². The highest BCUT2D eigenvalue weighted by Gasteiger charge is 2.20. The minimum atomic E-state index is -0.268.